The molecule has 0 spiro atoms. The minimum atomic E-state index is -0.370. The SMILES string of the molecule is COC1CC(C)(c2cccc(-c3cccs3)c2)N=C(N)N1C. The van der Waals surface area contributed by atoms with Crippen LogP contribution < -0.4 is 5.73 Å². The number of aliphatic imine (C=N–C) groups is 1. The molecule has 0 fully saturated rings. The minimum Gasteiger partial charge on any atom is -0.370 e. The van der Waals surface area contributed by atoms with Crippen LogP contribution in [0.15, 0.2) is 46.8 Å². The van der Waals surface area contributed by atoms with Gasteiger partial charge in [0, 0.05) is 25.5 Å². The monoisotopic (exact) mass is 315 g/mol. The molecule has 0 saturated heterocycles. The Morgan fingerprint density at radius 3 is 2.86 bits per heavy atom. The van der Waals surface area contributed by atoms with Crippen molar-refractivity contribution in [1.82, 2.24) is 4.90 Å². The lowest BCUT2D eigenvalue weighted by Crippen LogP contribution is -2.50. The van der Waals surface area contributed by atoms with Crippen molar-refractivity contribution < 1.29 is 4.74 Å². The smallest absolute Gasteiger partial charge is 0.193 e. The third-order valence-corrected chi connectivity index (χ3v) is 5.21. The molecule has 0 bridgehead atoms. The second-order valence-corrected chi connectivity index (χ2v) is 6.76. The van der Waals surface area contributed by atoms with Crippen molar-refractivity contribution in [2.75, 3.05) is 14.2 Å². The Morgan fingerprint density at radius 1 is 1.36 bits per heavy atom. The maximum absolute atomic E-state index is 6.09. The van der Waals surface area contributed by atoms with Crippen molar-refractivity contribution in [2.45, 2.75) is 25.1 Å². The maximum Gasteiger partial charge on any atom is 0.193 e. The summed E-state index contributed by atoms with van der Waals surface area (Å²) < 4.78 is 5.56. The fourth-order valence-electron chi connectivity index (χ4n) is 2.88. The lowest BCUT2D eigenvalue weighted by Gasteiger charge is -2.40. The molecule has 0 amide bonds. The number of nitrogens with zero attached hydrogens (tertiary/aromatic N) is 2. The largest absolute Gasteiger partial charge is 0.370 e. The molecule has 0 aliphatic carbocycles. The molecule has 1 aromatic carbocycles. The molecule has 116 valence electrons. The van der Waals surface area contributed by atoms with Crippen LogP contribution in [0.5, 0.6) is 0 Å². The first-order valence-electron chi connectivity index (χ1n) is 7.29. The average Bonchev–Trinajstić information content (AvgIpc) is 3.05. The van der Waals surface area contributed by atoms with Gasteiger partial charge in [0.15, 0.2) is 5.96 Å². The Balaban J connectivity index is 2.01. The van der Waals surface area contributed by atoms with E-state index in [2.05, 4.69) is 48.7 Å². The van der Waals surface area contributed by atoms with Crippen LogP contribution in [0.3, 0.4) is 0 Å². The molecule has 2 aromatic rings. The van der Waals surface area contributed by atoms with Crippen LogP contribution in [0.4, 0.5) is 0 Å². The molecule has 2 N–H and O–H groups in total. The van der Waals surface area contributed by atoms with Gasteiger partial charge in [-0.1, -0.05) is 24.3 Å². The standard InChI is InChI=1S/C17H21N3OS/c1-17(11-15(21-3)20(2)16(18)19-17)13-7-4-6-12(10-13)14-8-5-9-22-14/h4-10,15H,11H2,1-3H3,(H2,18,19). The molecule has 1 aliphatic heterocycles. The minimum absolute atomic E-state index is 0.0621. The van der Waals surface area contributed by atoms with Crippen molar-refractivity contribution >= 4 is 17.3 Å². The summed E-state index contributed by atoms with van der Waals surface area (Å²) in [6, 6.07) is 12.7. The van der Waals surface area contributed by atoms with E-state index >= 15 is 0 Å². The maximum atomic E-state index is 6.09. The highest BCUT2D eigenvalue weighted by Crippen LogP contribution is 2.37. The summed E-state index contributed by atoms with van der Waals surface area (Å²) in [5.74, 6) is 0.516. The number of thiophene rings is 1. The Morgan fingerprint density at radius 2 is 2.18 bits per heavy atom. The van der Waals surface area contributed by atoms with Crippen LogP contribution in [-0.4, -0.2) is 31.2 Å². The van der Waals surface area contributed by atoms with Gasteiger partial charge in [0.2, 0.25) is 0 Å². The van der Waals surface area contributed by atoms with Crippen molar-refractivity contribution in [3.05, 3.63) is 47.3 Å². The Bertz CT molecular complexity index is 683. The first kappa shape index (κ1) is 15.1. The predicted molar refractivity (Wildman–Crippen MR) is 91.9 cm³/mol. The molecular weight excluding hydrogens is 294 g/mol. The van der Waals surface area contributed by atoms with Crippen LogP contribution in [-0.2, 0) is 10.3 Å². The number of hydrogen-bond acceptors (Lipinski definition) is 5. The van der Waals surface area contributed by atoms with Crippen LogP contribution >= 0.6 is 11.3 Å². The van der Waals surface area contributed by atoms with Crippen LogP contribution in [0, 0.1) is 0 Å². The van der Waals surface area contributed by atoms with Gasteiger partial charge in [0.25, 0.3) is 0 Å². The number of methoxy groups -OCH3 is 1. The zero-order chi connectivity index (χ0) is 15.7. The lowest BCUT2D eigenvalue weighted by molar-refractivity contribution is -0.0116. The summed E-state index contributed by atoms with van der Waals surface area (Å²) in [6.45, 7) is 2.12. The lowest BCUT2D eigenvalue weighted by atomic mass is 9.86. The van der Waals surface area contributed by atoms with Crippen LogP contribution in [0.2, 0.25) is 0 Å². The van der Waals surface area contributed by atoms with E-state index in [1.165, 1.54) is 10.4 Å². The quantitative estimate of drug-likeness (QED) is 0.946. The van der Waals surface area contributed by atoms with E-state index in [9.17, 15) is 0 Å². The van der Waals surface area contributed by atoms with Crippen LogP contribution in [0.1, 0.15) is 18.9 Å². The molecule has 22 heavy (non-hydrogen) atoms. The first-order chi connectivity index (χ1) is 10.5. The molecule has 4 nitrogen and oxygen atoms in total. The van der Waals surface area contributed by atoms with Gasteiger partial charge in [0.05, 0.1) is 5.54 Å². The molecule has 0 radical (unpaired) electrons. The van der Waals surface area contributed by atoms with Gasteiger partial charge in [-0.15, -0.1) is 11.3 Å². The van der Waals surface area contributed by atoms with Gasteiger partial charge in [-0.2, -0.15) is 0 Å². The molecule has 0 saturated carbocycles. The summed E-state index contributed by atoms with van der Waals surface area (Å²) >= 11 is 1.74. The van der Waals surface area contributed by atoms with Gasteiger partial charge in [-0.3, -0.25) is 0 Å². The number of ether oxygens (including phenoxy) is 1. The van der Waals surface area contributed by atoms with Gasteiger partial charge in [0.1, 0.15) is 6.23 Å². The fraction of sp³-hybridized carbons (Fsp3) is 0.353. The fourth-order valence-corrected chi connectivity index (χ4v) is 3.60. The van der Waals surface area contributed by atoms with Crippen molar-refractivity contribution in [3.8, 4) is 10.4 Å². The Hall–Kier alpha value is -1.85. The second kappa shape index (κ2) is 5.74. The first-order valence-corrected chi connectivity index (χ1v) is 8.17. The summed E-state index contributed by atoms with van der Waals surface area (Å²) in [5.41, 5.74) is 8.10. The number of nitrogens with two attached hydrogens (primary N) is 1. The topological polar surface area (TPSA) is 50.9 Å². The Kier molecular flexibility index (Phi) is 3.93. The van der Waals surface area contributed by atoms with Crippen molar-refractivity contribution in [1.29, 1.82) is 0 Å². The molecule has 2 atom stereocenters. The highest BCUT2D eigenvalue weighted by atomic mass is 32.1. The summed E-state index contributed by atoms with van der Waals surface area (Å²) in [6.07, 6.45) is 0.710. The summed E-state index contributed by atoms with van der Waals surface area (Å²) in [7, 11) is 3.62. The number of hydrogen-bond donors (Lipinski definition) is 1. The summed E-state index contributed by atoms with van der Waals surface area (Å²) in [4.78, 5) is 7.87. The van der Waals surface area contributed by atoms with Gasteiger partial charge in [-0.25, -0.2) is 4.99 Å². The van der Waals surface area contributed by atoms with Crippen molar-refractivity contribution in [2.24, 2.45) is 10.7 Å². The number of rotatable bonds is 3. The molecule has 1 aromatic heterocycles. The average molecular weight is 315 g/mol. The third kappa shape index (κ3) is 2.62. The van der Waals surface area contributed by atoms with E-state index in [-0.39, 0.29) is 11.8 Å². The highest BCUT2D eigenvalue weighted by molar-refractivity contribution is 7.13. The van der Waals surface area contributed by atoms with E-state index in [4.69, 9.17) is 15.5 Å². The van der Waals surface area contributed by atoms with Crippen LogP contribution in [0.25, 0.3) is 10.4 Å². The molecule has 3 rings (SSSR count). The molecule has 2 heterocycles. The normalized spacial score (nSPS) is 25.1. The van der Waals surface area contributed by atoms with E-state index in [1.54, 1.807) is 18.4 Å². The van der Waals surface area contributed by atoms with E-state index < -0.39 is 0 Å². The van der Waals surface area contributed by atoms with Gasteiger partial charge < -0.3 is 15.4 Å². The third-order valence-electron chi connectivity index (χ3n) is 4.29. The summed E-state index contributed by atoms with van der Waals surface area (Å²) in [5, 5.41) is 2.09. The number of guanidine groups is 1. The van der Waals surface area contributed by atoms with Gasteiger partial charge in [-0.05, 0) is 35.6 Å². The Labute approximate surface area is 135 Å². The number of benzene rings is 1. The predicted octanol–water partition coefficient (Wildman–Crippen LogP) is 3.25. The molecular formula is C17H21N3OS. The molecule has 2 unspecified atom stereocenters. The molecule has 5 heteroatoms. The van der Waals surface area contributed by atoms with E-state index in [1.807, 2.05) is 11.9 Å². The second-order valence-electron chi connectivity index (χ2n) is 5.81. The highest BCUT2D eigenvalue weighted by Gasteiger charge is 2.37. The zero-order valence-electron chi connectivity index (χ0n) is 13.1. The van der Waals surface area contributed by atoms with E-state index in [0.29, 0.717) is 5.96 Å². The zero-order valence-corrected chi connectivity index (χ0v) is 13.9. The van der Waals surface area contributed by atoms with Gasteiger partial charge >= 0.3 is 0 Å². The van der Waals surface area contributed by atoms with Crippen molar-refractivity contribution in [3.63, 3.8) is 0 Å². The molecule has 1 aliphatic rings. The van der Waals surface area contributed by atoms with E-state index in [0.717, 1.165) is 12.0 Å².